The number of rotatable bonds is 5. The number of carboxylic acids is 1. The topological polar surface area (TPSA) is 66.8 Å². The Balaban J connectivity index is 0. The molecule has 0 rings (SSSR count). The quantitative estimate of drug-likeness (QED) is 0.304. The third-order valence-electron chi connectivity index (χ3n) is 0.787. The predicted octanol–water partition coefficient (Wildman–Crippen LogP) is 0.376. The Morgan fingerprint density at radius 1 is 1.60 bits per heavy atom. The summed E-state index contributed by atoms with van der Waals surface area (Å²) in [7, 11) is 1.16. The van der Waals surface area contributed by atoms with Gasteiger partial charge in [-0.25, -0.2) is 0 Å². The first-order chi connectivity index (χ1) is 4.27. The molecule has 0 unspecified atom stereocenters. The SMILES string of the molecule is O=C(O)CCC[B]OO.[Y]. The molecule has 54 valence electrons. The Bertz CT molecular complexity index is 89.3. The maximum atomic E-state index is 9.85. The molecule has 0 heterocycles. The Labute approximate surface area is 85.0 Å². The second-order valence-electron chi connectivity index (χ2n) is 1.56. The summed E-state index contributed by atoms with van der Waals surface area (Å²) in [6, 6.07) is 0. The molecular weight excluding hydrogens is 212 g/mol. The van der Waals surface area contributed by atoms with E-state index in [0.717, 1.165) is 7.48 Å². The fourth-order valence-electron chi connectivity index (χ4n) is 0.389. The van der Waals surface area contributed by atoms with Crippen molar-refractivity contribution < 1.29 is 52.7 Å². The van der Waals surface area contributed by atoms with E-state index in [9.17, 15) is 4.79 Å². The first kappa shape index (κ1) is 13.2. The standard InChI is InChI=1S/C4H8BO4.Y/c6-4(7)2-1-3-5-9-8;/h8H,1-3H2,(H,6,7);. The third kappa shape index (κ3) is 11.4. The summed E-state index contributed by atoms with van der Waals surface area (Å²) in [4.78, 5) is 13.5. The number of hydrogen-bond acceptors (Lipinski definition) is 3. The van der Waals surface area contributed by atoms with Crippen molar-refractivity contribution in [2.75, 3.05) is 0 Å². The monoisotopic (exact) mass is 220 g/mol. The van der Waals surface area contributed by atoms with Crippen molar-refractivity contribution in [3.63, 3.8) is 0 Å². The first-order valence-corrected chi connectivity index (χ1v) is 2.61. The minimum Gasteiger partial charge on any atom is -0.481 e. The zero-order chi connectivity index (χ0) is 7.11. The van der Waals surface area contributed by atoms with Crippen LogP contribution in [0.3, 0.4) is 0 Å². The first-order valence-electron chi connectivity index (χ1n) is 2.61. The number of aliphatic carboxylic acids is 1. The molecule has 6 heteroatoms. The Morgan fingerprint density at radius 3 is 2.60 bits per heavy atom. The van der Waals surface area contributed by atoms with Gasteiger partial charge in [0.2, 0.25) is 0 Å². The van der Waals surface area contributed by atoms with Gasteiger partial charge in [0.25, 0.3) is 0 Å². The second kappa shape index (κ2) is 9.56. The van der Waals surface area contributed by atoms with Crippen LogP contribution in [0, 0.1) is 0 Å². The summed E-state index contributed by atoms with van der Waals surface area (Å²) in [6.07, 6.45) is 1.07. The van der Waals surface area contributed by atoms with Gasteiger partial charge in [-0.15, -0.1) is 0 Å². The van der Waals surface area contributed by atoms with Gasteiger partial charge in [-0.3, -0.25) is 10.1 Å². The average molecular weight is 220 g/mol. The predicted molar refractivity (Wildman–Crippen MR) is 31.1 cm³/mol. The van der Waals surface area contributed by atoms with Gasteiger partial charge in [-0.05, 0) is 12.7 Å². The molecule has 0 amide bonds. The summed E-state index contributed by atoms with van der Waals surface area (Å²) in [6.45, 7) is 0. The molecule has 2 radical (unpaired) electrons. The van der Waals surface area contributed by atoms with Gasteiger partial charge in [-0.1, -0.05) is 0 Å². The van der Waals surface area contributed by atoms with Crippen LogP contribution >= 0.6 is 0 Å². The average Bonchev–Trinajstić information content (AvgIpc) is 1.80. The van der Waals surface area contributed by atoms with Gasteiger partial charge in [0.1, 0.15) is 0 Å². The van der Waals surface area contributed by atoms with Gasteiger partial charge in [0.05, 0.1) is 0 Å². The molecule has 0 bridgehead atoms. The second-order valence-corrected chi connectivity index (χ2v) is 1.56. The summed E-state index contributed by atoms with van der Waals surface area (Å²) < 4.78 is 0. The molecule has 10 heavy (non-hydrogen) atoms. The minimum absolute atomic E-state index is 0. The zero-order valence-corrected chi connectivity index (χ0v) is 8.33. The summed E-state index contributed by atoms with van der Waals surface area (Å²) in [5.74, 6) is -0.832. The number of hydrogen-bond donors (Lipinski definition) is 2. The molecule has 0 aromatic carbocycles. The molecule has 0 saturated heterocycles. The van der Waals surface area contributed by atoms with Gasteiger partial charge < -0.3 is 9.91 Å². The largest absolute Gasteiger partial charge is 0.481 e. The maximum Gasteiger partial charge on any atom is 0.343 e. The van der Waals surface area contributed by atoms with Crippen LogP contribution < -0.4 is 0 Å². The molecular formula is C4H8BO4Y. The van der Waals surface area contributed by atoms with E-state index >= 15 is 0 Å². The van der Waals surface area contributed by atoms with Crippen molar-refractivity contribution in [1.82, 2.24) is 0 Å². The van der Waals surface area contributed by atoms with E-state index in [4.69, 9.17) is 10.4 Å². The van der Waals surface area contributed by atoms with Gasteiger partial charge >= 0.3 is 13.5 Å². The van der Waals surface area contributed by atoms with Gasteiger partial charge in [-0.2, -0.15) is 0 Å². The van der Waals surface area contributed by atoms with E-state index in [1.807, 2.05) is 0 Å². The molecule has 0 aromatic heterocycles. The summed E-state index contributed by atoms with van der Waals surface area (Å²) >= 11 is 0. The van der Waals surface area contributed by atoms with Crippen LogP contribution in [-0.2, 0) is 42.3 Å². The van der Waals surface area contributed by atoms with Crippen molar-refractivity contribution in [1.29, 1.82) is 0 Å². The Kier molecular flexibility index (Phi) is 12.6. The minimum atomic E-state index is -0.832. The van der Waals surface area contributed by atoms with Gasteiger partial charge in [0.15, 0.2) is 0 Å². The molecule has 4 nitrogen and oxygen atoms in total. The van der Waals surface area contributed by atoms with Crippen LogP contribution in [0.1, 0.15) is 12.8 Å². The molecule has 0 spiro atoms. The fourth-order valence-corrected chi connectivity index (χ4v) is 0.389. The van der Waals surface area contributed by atoms with Crippen LogP contribution in [0.5, 0.6) is 0 Å². The van der Waals surface area contributed by atoms with Crippen molar-refractivity contribution in [2.24, 2.45) is 0 Å². The normalized spacial score (nSPS) is 8.10. The molecule has 0 saturated carbocycles. The van der Waals surface area contributed by atoms with Crippen LogP contribution in [0.4, 0.5) is 0 Å². The number of carboxylic acid groups (broad SMARTS) is 1. The number of carbonyl (C=O) groups is 1. The van der Waals surface area contributed by atoms with Crippen molar-refractivity contribution in [2.45, 2.75) is 19.2 Å². The smallest absolute Gasteiger partial charge is 0.343 e. The third-order valence-corrected chi connectivity index (χ3v) is 0.787. The van der Waals surface area contributed by atoms with E-state index in [-0.39, 0.29) is 39.1 Å². The Morgan fingerprint density at radius 2 is 2.20 bits per heavy atom. The molecule has 0 fully saturated rings. The molecule has 2 N–H and O–H groups in total. The van der Waals surface area contributed by atoms with Crippen molar-refractivity contribution in [3.05, 3.63) is 0 Å². The van der Waals surface area contributed by atoms with E-state index in [0.29, 0.717) is 12.7 Å². The van der Waals surface area contributed by atoms with Crippen LogP contribution in [-0.4, -0.2) is 23.8 Å². The van der Waals surface area contributed by atoms with Crippen LogP contribution in [0.2, 0.25) is 6.32 Å². The fraction of sp³-hybridized carbons (Fsp3) is 0.750. The maximum absolute atomic E-state index is 9.85. The molecule has 0 atom stereocenters. The zero-order valence-electron chi connectivity index (χ0n) is 5.49. The molecule has 0 aliphatic rings. The molecule has 0 aliphatic heterocycles. The van der Waals surface area contributed by atoms with E-state index in [2.05, 4.69) is 4.81 Å². The van der Waals surface area contributed by atoms with E-state index in [1.165, 1.54) is 0 Å². The van der Waals surface area contributed by atoms with E-state index < -0.39 is 5.97 Å². The van der Waals surface area contributed by atoms with Crippen molar-refractivity contribution in [3.8, 4) is 0 Å². The van der Waals surface area contributed by atoms with Crippen LogP contribution in [0.15, 0.2) is 0 Å². The summed E-state index contributed by atoms with van der Waals surface area (Å²) in [5, 5.41) is 15.8. The summed E-state index contributed by atoms with van der Waals surface area (Å²) in [5.41, 5.74) is 0. The van der Waals surface area contributed by atoms with Crippen LogP contribution in [0.25, 0.3) is 0 Å². The Hall–Kier alpha value is 0.559. The molecule has 0 aliphatic carbocycles. The van der Waals surface area contributed by atoms with Gasteiger partial charge in [0, 0.05) is 39.1 Å². The van der Waals surface area contributed by atoms with E-state index in [1.54, 1.807) is 0 Å². The van der Waals surface area contributed by atoms with Crippen molar-refractivity contribution >= 4 is 13.5 Å². The molecule has 0 aromatic rings.